The lowest BCUT2D eigenvalue weighted by Gasteiger charge is -2.09. The van der Waals surface area contributed by atoms with E-state index in [0.29, 0.717) is 0 Å². The molecule has 11 heteroatoms. The zero-order valence-electron chi connectivity index (χ0n) is 12.5. The van der Waals surface area contributed by atoms with E-state index in [4.69, 9.17) is 4.42 Å². The minimum atomic E-state index is -4.84. The Kier molecular flexibility index (Phi) is 4.30. The van der Waals surface area contributed by atoms with Crippen LogP contribution in [0.25, 0.3) is 22.9 Å². The van der Waals surface area contributed by atoms with Crippen molar-refractivity contribution >= 4 is 0 Å². The highest BCUT2D eigenvalue weighted by molar-refractivity contribution is 5.61. The average molecular weight is 375 g/mol. The smallest absolute Gasteiger partial charge is 0.416 e. The summed E-state index contributed by atoms with van der Waals surface area (Å²) >= 11 is 0. The summed E-state index contributed by atoms with van der Waals surface area (Å²) in [4.78, 5) is 3.61. The monoisotopic (exact) mass is 375 g/mol. The van der Waals surface area contributed by atoms with Gasteiger partial charge in [0.1, 0.15) is 5.75 Å². The first-order valence-corrected chi connectivity index (χ1v) is 6.85. The van der Waals surface area contributed by atoms with Crippen LogP contribution in [-0.2, 0) is 6.18 Å². The standard InChI is InChI=1S/C15H7F6N3O2/c16-14(17,18)11-5-6-22-7-10(11)13-24-23-12(25-13)8-1-3-9(4-2-8)26-15(19,20)21/h1-7H. The van der Waals surface area contributed by atoms with E-state index < -0.39 is 35.3 Å². The van der Waals surface area contributed by atoms with Gasteiger partial charge in [-0.1, -0.05) is 0 Å². The maximum absolute atomic E-state index is 13.0. The second kappa shape index (κ2) is 6.32. The molecule has 0 spiro atoms. The van der Waals surface area contributed by atoms with Gasteiger partial charge in [-0.25, -0.2) is 0 Å². The highest BCUT2D eigenvalue weighted by Crippen LogP contribution is 2.36. The van der Waals surface area contributed by atoms with Gasteiger partial charge < -0.3 is 9.15 Å². The number of ether oxygens (including phenoxy) is 1. The van der Waals surface area contributed by atoms with Gasteiger partial charge in [0.2, 0.25) is 11.8 Å². The first kappa shape index (κ1) is 17.7. The Bertz CT molecular complexity index is 903. The summed E-state index contributed by atoms with van der Waals surface area (Å²) in [6.45, 7) is 0. The lowest BCUT2D eigenvalue weighted by Crippen LogP contribution is -2.16. The van der Waals surface area contributed by atoms with Crippen LogP contribution in [-0.4, -0.2) is 21.5 Å². The van der Waals surface area contributed by atoms with E-state index in [-0.39, 0.29) is 11.5 Å². The lowest BCUT2D eigenvalue weighted by molar-refractivity contribution is -0.274. The molecule has 0 fully saturated rings. The molecule has 0 saturated heterocycles. The molecule has 0 atom stereocenters. The number of rotatable bonds is 3. The molecular formula is C15H7F6N3O2. The van der Waals surface area contributed by atoms with E-state index in [1.807, 2.05) is 0 Å². The summed E-state index contributed by atoms with van der Waals surface area (Å²) in [5.74, 6) is -1.06. The van der Waals surface area contributed by atoms with Gasteiger partial charge in [0.05, 0.1) is 11.1 Å². The average Bonchev–Trinajstić information content (AvgIpc) is 3.03. The van der Waals surface area contributed by atoms with E-state index in [0.717, 1.165) is 30.6 Å². The van der Waals surface area contributed by atoms with Crippen molar-refractivity contribution in [3.63, 3.8) is 0 Å². The fourth-order valence-corrected chi connectivity index (χ4v) is 2.06. The van der Waals surface area contributed by atoms with Gasteiger partial charge in [0.15, 0.2) is 0 Å². The number of hydrogen-bond donors (Lipinski definition) is 0. The van der Waals surface area contributed by atoms with Crippen LogP contribution in [0.2, 0.25) is 0 Å². The van der Waals surface area contributed by atoms with E-state index in [2.05, 4.69) is 19.9 Å². The summed E-state index contributed by atoms with van der Waals surface area (Å²) in [7, 11) is 0. The summed E-state index contributed by atoms with van der Waals surface area (Å²) in [6.07, 6.45) is -7.58. The molecule has 3 aromatic rings. The first-order chi connectivity index (χ1) is 12.1. The van der Waals surface area contributed by atoms with Crippen molar-refractivity contribution in [2.45, 2.75) is 12.5 Å². The third-order valence-corrected chi connectivity index (χ3v) is 3.12. The Morgan fingerprint density at radius 2 is 1.50 bits per heavy atom. The Morgan fingerprint density at radius 1 is 0.846 bits per heavy atom. The Hall–Kier alpha value is -3.11. The van der Waals surface area contributed by atoms with Crippen molar-refractivity contribution in [1.29, 1.82) is 0 Å². The molecule has 0 saturated carbocycles. The number of aromatic nitrogens is 3. The Morgan fingerprint density at radius 3 is 2.12 bits per heavy atom. The topological polar surface area (TPSA) is 61.0 Å². The Balaban J connectivity index is 1.90. The summed E-state index contributed by atoms with van der Waals surface area (Å²) in [5.41, 5.74) is -1.21. The van der Waals surface area contributed by atoms with E-state index in [9.17, 15) is 26.3 Å². The molecule has 3 rings (SSSR count). The van der Waals surface area contributed by atoms with Gasteiger partial charge >= 0.3 is 12.5 Å². The molecule has 1 aromatic carbocycles. The maximum atomic E-state index is 13.0. The van der Waals surface area contributed by atoms with Crippen LogP contribution in [0.5, 0.6) is 5.75 Å². The predicted molar refractivity (Wildman–Crippen MR) is 74.6 cm³/mol. The quantitative estimate of drug-likeness (QED) is 0.620. The van der Waals surface area contributed by atoms with Crippen molar-refractivity contribution in [2.24, 2.45) is 0 Å². The van der Waals surface area contributed by atoms with Crippen molar-refractivity contribution < 1.29 is 35.5 Å². The largest absolute Gasteiger partial charge is 0.573 e. The van der Waals surface area contributed by atoms with Crippen molar-refractivity contribution in [3.8, 4) is 28.7 Å². The molecule has 0 bridgehead atoms. The van der Waals surface area contributed by atoms with Crippen LogP contribution < -0.4 is 4.74 Å². The van der Waals surface area contributed by atoms with Gasteiger partial charge in [-0.15, -0.1) is 23.4 Å². The highest BCUT2D eigenvalue weighted by atomic mass is 19.4. The molecule has 0 aliphatic heterocycles. The molecule has 0 amide bonds. The lowest BCUT2D eigenvalue weighted by atomic mass is 10.1. The molecule has 0 aliphatic carbocycles. The number of pyridine rings is 1. The fourth-order valence-electron chi connectivity index (χ4n) is 2.06. The molecule has 26 heavy (non-hydrogen) atoms. The number of halogens is 6. The number of benzene rings is 1. The third kappa shape index (κ3) is 3.92. The second-order valence-corrected chi connectivity index (χ2v) is 4.90. The Labute approximate surface area is 141 Å². The zero-order chi connectivity index (χ0) is 18.9. The maximum Gasteiger partial charge on any atom is 0.573 e. The second-order valence-electron chi connectivity index (χ2n) is 4.90. The molecule has 2 heterocycles. The van der Waals surface area contributed by atoms with Gasteiger partial charge in [0, 0.05) is 18.0 Å². The summed E-state index contributed by atoms with van der Waals surface area (Å²) in [5, 5.41) is 7.17. The van der Waals surface area contributed by atoms with Crippen LogP contribution >= 0.6 is 0 Å². The van der Waals surface area contributed by atoms with Crippen LogP contribution in [0, 0.1) is 0 Å². The van der Waals surface area contributed by atoms with Crippen molar-refractivity contribution in [3.05, 3.63) is 48.3 Å². The minimum absolute atomic E-state index is 0.171. The van der Waals surface area contributed by atoms with Crippen LogP contribution in [0.3, 0.4) is 0 Å². The van der Waals surface area contributed by atoms with Crippen LogP contribution in [0.15, 0.2) is 47.1 Å². The molecule has 0 aliphatic rings. The third-order valence-electron chi connectivity index (χ3n) is 3.12. The molecule has 0 radical (unpaired) electrons. The number of alkyl halides is 6. The SMILES string of the molecule is FC(F)(F)Oc1ccc(-c2nnc(-c3cnccc3C(F)(F)F)o2)cc1. The van der Waals surface area contributed by atoms with Crippen LogP contribution in [0.1, 0.15) is 5.56 Å². The minimum Gasteiger partial charge on any atom is -0.416 e. The van der Waals surface area contributed by atoms with Crippen molar-refractivity contribution in [1.82, 2.24) is 15.2 Å². The molecular weight excluding hydrogens is 368 g/mol. The zero-order valence-corrected chi connectivity index (χ0v) is 12.5. The van der Waals surface area contributed by atoms with Crippen LogP contribution in [0.4, 0.5) is 26.3 Å². The van der Waals surface area contributed by atoms with E-state index in [1.165, 1.54) is 12.1 Å². The summed E-state index contributed by atoms with van der Waals surface area (Å²) < 4.78 is 84.4. The van der Waals surface area contributed by atoms with Gasteiger partial charge in [-0.05, 0) is 30.3 Å². The van der Waals surface area contributed by atoms with Gasteiger partial charge in [-0.3, -0.25) is 4.98 Å². The van der Waals surface area contributed by atoms with Gasteiger partial charge in [0.25, 0.3) is 0 Å². The number of hydrogen-bond acceptors (Lipinski definition) is 5. The molecule has 2 aromatic heterocycles. The normalized spacial score (nSPS) is 12.2. The number of nitrogens with zero attached hydrogens (tertiary/aromatic N) is 3. The van der Waals surface area contributed by atoms with E-state index in [1.54, 1.807) is 0 Å². The van der Waals surface area contributed by atoms with Gasteiger partial charge in [-0.2, -0.15) is 13.2 Å². The van der Waals surface area contributed by atoms with E-state index >= 15 is 0 Å². The fraction of sp³-hybridized carbons (Fsp3) is 0.133. The molecule has 5 nitrogen and oxygen atoms in total. The summed E-state index contributed by atoms with van der Waals surface area (Å²) in [6, 6.07) is 5.19. The predicted octanol–water partition coefficient (Wildman–Crippen LogP) is 4.72. The molecule has 0 N–H and O–H groups in total. The highest BCUT2D eigenvalue weighted by Gasteiger charge is 2.35. The molecule has 136 valence electrons. The molecule has 0 unspecified atom stereocenters. The first-order valence-electron chi connectivity index (χ1n) is 6.85. The van der Waals surface area contributed by atoms with Crippen molar-refractivity contribution in [2.75, 3.05) is 0 Å².